The van der Waals surface area contributed by atoms with Crippen LogP contribution in [-0.4, -0.2) is 53.2 Å². The monoisotopic (exact) mass is 331 g/mol. The predicted octanol–water partition coefficient (Wildman–Crippen LogP) is 1.38. The van der Waals surface area contributed by atoms with Crippen molar-refractivity contribution >= 4 is 21.6 Å². The van der Waals surface area contributed by atoms with Gasteiger partial charge in [-0.3, -0.25) is 0 Å². The summed E-state index contributed by atoms with van der Waals surface area (Å²) in [6.07, 6.45) is 4.46. The van der Waals surface area contributed by atoms with Gasteiger partial charge in [-0.05, 0) is 25.7 Å². The first-order chi connectivity index (χ1) is 10.1. The van der Waals surface area contributed by atoms with Crippen LogP contribution in [0.4, 0.5) is 0 Å². The number of nitrogens with zero attached hydrogens (tertiary/aromatic N) is 3. The van der Waals surface area contributed by atoms with Gasteiger partial charge in [0.1, 0.15) is 5.82 Å². The summed E-state index contributed by atoms with van der Waals surface area (Å²) in [4.78, 5) is 0. The Bertz CT molecular complexity index is 594. The Morgan fingerprint density at radius 2 is 2.19 bits per heavy atom. The number of thioether (sulfide) groups is 1. The molecule has 2 atom stereocenters. The minimum absolute atomic E-state index is 0.00668. The van der Waals surface area contributed by atoms with Crippen molar-refractivity contribution in [3.63, 3.8) is 0 Å². The molecule has 2 fully saturated rings. The molecular weight excluding hydrogens is 310 g/mol. The molecule has 0 N–H and O–H groups in total. The van der Waals surface area contributed by atoms with Crippen LogP contribution in [0.3, 0.4) is 0 Å². The van der Waals surface area contributed by atoms with Gasteiger partial charge in [-0.1, -0.05) is 11.8 Å². The van der Waals surface area contributed by atoms with Crippen molar-refractivity contribution in [3.05, 3.63) is 5.82 Å². The molecule has 0 spiro atoms. The first kappa shape index (κ1) is 15.3. The van der Waals surface area contributed by atoms with Crippen LogP contribution in [-0.2, 0) is 21.6 Å². The molecule has 0 aliphatic carbocycles. The molecule has 6 nitrogen and oxygen atoms in total. The van der Waals surface area contributed by atoms with Gasteiger partial charge in [0.15, 0.2) is 15.0 Å². The summed E-state index contributed by atoms with van der Waals surface area (Å²) in [5.74, 6) is 2.14. The maximum atomic E-state index is 11.6. The van der Waals surface area contributed by atoms with Crippen LogP contribution in [0.2, 0.25) is 0 Å². The quantitative estimate of drug-likeness (QED) is 0.776. The van der Waals surface area contributed by atoms with E-state index in [-0.39, 0.29) is 17.4 Å². The predicted molar refractivity (Wildman–Crippen MR) is 81.3 cm³/mol. The molecule has 0 aromatic carbocycles. The second kappa shape index (κ2) is 6.26. The maximum absolute atomic E-state index is 11.6. The lowest BCUT2D eigenvalue weighted by atomic mass is 10.1. The van der Waals surface area contributed by atoms with Gasteiger partial charge in [-0.25, -0.2) is 8.42 Å². The summed E-state index contributed by atoms with van der Waals surface area (Å²) in [7, 11) is -0.967. The molecule has 2 saturated heterocycles. The minimum atomic E-state index is -2.89. The van der Waals surface area contributed by atoms with Gasteiger partial charge < -0.3 is 9.30 Å². The average molecular weight is 331 g/mol. The Hall–Kier alpha value is -0.600. The molecule has 2 aliphatic heterocycles. The third-order valence-corrected chi connectivity index (χ3v) is 7.06. The van der Waals surface area contributed by atoms with Crippen LogP contribution < -0.4 is 0 Å². The molecule has 21 heavy (non-hydrogen) atoms. The highest BCUT2D eigenvalue weighted by Gasteiger charge is 2.32. The van der Waals surface area contributed by atoms with Gasteiger partial charge in [0.2, 0.25) is 0 Å². The zero-order valence-electron chi connectivity index (χ0n) is 12.2. The first-order valence-electron chi connectivity index (χ1n) is 7.39. The highest BCUT2D eigenvalue weighted by Crippen LogP contribution is 2.30. The molecule has 0 bridgehead atoms. The molecular formula is C13H21N3O3S2. The van der Waals surface area contributed by atoms with Crippen LogP contribution in [0.5, 0.6) is 0 Å². The minimum Gasteiger partial charge on any atom is -0.377 e. The third kappa shape index (κ3) is 3.60. The van der Waals surface area contributed by atoms with Crippen LogP contribution in [0.15, 0.2) is 5.16 Å². The standard InChI is InChI=1S/C13H21N3O3S2/c1-16-12(10-5-7-21(17,18)9-10)14-15-13(16)20-8-11-4-2-3-6-19-11/h10-11H,2-9H2,1H3/t10-,11+/m1/s1. The Kier molecular flexibility index (Phi) is 4.56. The van der Waals surface area contributed by atoms with E-state index in [1.54, 1.807) is 11.8 Å². The van der Waals surface area contributed by atoms with Crippen molar-refractivity contribution in [2.45, 2.75) is 42.9 Å². The van der Waals surface area contributed by atoms with Crippen molar-refractivity contribution < 1.29 is 13.2 Å². The van der Waals surface area contributed by atoms with Gasteiger partial charge >= 0.3 is 0 Å². The summed E-state index contributed by atoms with van der Waals surface area (Å²) >= 11 is 1.65. The van der Waals surface area contributed by atoms with Crippen LogP contribution in [0.25, 0.3) is 0 Å². The lowest BCUT2D eigenvalue weighted by molar-refractivity contribution is 0.0315. The lowest BCUT2D eigenvalue weighted by Crippen LogP contribution is -2.21. The smallest absolute Gasteiger partial charge is 0.191 e. The van der Waals surface area contributed by atoms with E-state index in [1.807, 2.05) is 11.6 Å². The number of rotatable bonds is 4. The van der Waals surface area contributed by atoms with Gasteiger partial charge in [-0.15, -0.1) is 10.2 Å². The normalized spacial score (nSPS) is 28.8. The second-order valence-corrected chi connectivity index (χ2v) is 9.02. The highest BCUT2D eigenvalue weighted by molar-refractivity contribution is 7.99. The van der Waals surface area contributed by atoms with E-state index >= 15 is 0 Å². The topological polar surface area (TPSA) is 74.1 Å². The molecule has 1 aromatic heterocycles. The fourth-order valence-corrected chi connectivity index (χ4v) is 5.64. The average Bonchev–Trinajstić information content (AvgIpc) is 3.00. The fraction of sp³-hybridized carbons (Fsp3) is 0.846. The molecule has 0 amide bonds. The summed E-state index contributed by atoms with van der Waals surface area (Å²) in [5.41, 5.74) is 0. The molecule has 0 saturated carbocycles. The molecule has 3 rings (SSSR count). The fourth-order valence-electron chi connectivity index (χ4n) is 2.91. The van der Waals surface area contributed by atoms with Crippen molar-refractivity contribution in [3.8, 4) is 0 Å². The molecule has 0 radical (unpaired) electrons. The summed E-state index contributed by atoms with van der Waals surface area (Å²) in [6, 6.07) is 0. The highest BCUT2D eigenvalue weighted by atomic mass is 32.2. The van der Waals surface area contributed by atoms with Crippen LogP contribution in [0, 0.1) is 0 Å². The number of aromatic nitrogens is 3. The third-order valence-electron chi connectivity index (χ3n) is 4.14. The molecule has 1 aromatic rings. The first-order valence-corrected chi connectivity index (χ1v) is 10.2. The van der Waals surface area contributed by atoms with E-state index < -0.39 is 9.84 Å². The zero-order valence-corrected chi connectivity index (χ0v) is 13.8. The summed E-state index contributed by atoms with van der Waals surface area (Å²) in [6.45, 7) is 0.856. The van der Waals surface area contributed by atoms with Crippen LogP contribution >= 0.6 is 11.8 Å². The molecule has 2 aliphatic rings. The number of sulfone groups is 1. The van der Waals surface area contributed by atoms with Crippen molar-refractivity contribution in [1.82, 2.24) is 14.8 Å². The second-order valence-electron chi connectivity index (χ2n) is 5.80. The van der Waals surface area contributed by atoms with E-state index in [4.69, 9.17) is 4.74 Å². The summed E-state index contributed by atoms with van der Waals surface area (Å²) < 4.78 is 30.8. The number of hydrogen-bond acceptors (Lipinski definition) is 6. The van der Waals surface area contributed by atoms with Crippen molar-refractivity contribution in [1.29, 1.82) is 0 Å². The molecule has 3 heterocycles. The zero-order chi connectivity index (χ0) is 14.9. The van der Waals surface area contributed by atoms with E-state index in [2.05, 4.69) is 10.2 Å². The Labute approximate surface area is 129 Å². The maximum Gasteiger partial charge on any atom is 0.191 e. The largest absolute Gasteiger partial charge is 0.377 e. The number of hydrogen-bond donors (Lipinski definition) is 0. The van der Waals surface area contributed by atoms with Gasteiger partial charge in [-0.2, -0.15) is 0 Å². The van der Waals surface area contributed by atoms with Crippen molar-refractivity contribution in [2.75, 3.05) is 23.9 Å². The number of ether oxygens (including phenoxy) is 1. The Morgan fingerprint density at radius 1 is 1.33 bits per heavy atom. The van der Waals surface area contributed by atoms with Crippen molar-refractivity contribution in [2.24, 2.45) is 7.05 Å². The molecule has 8 heteroatoms. The summed E-state index contributed by atoms with van der Waals surface area (Å²) in [5, 5.41) is 9.28. The Balaban J connectivity index is 1.62. The van der Waals surface area contributed by atoms with E-state index in [0.29, 0.717) is 12.5 Å². The lowest BCUT2D eigenvalue weighted by Gasteiger charge is -2.21. The molecule has 118 valence electrons. The van der Waals surface area contributed by atoms with Crippen LogP contribution in [0.1, 0.15) is 37.4 Å². The van der Waals surface area contributed by atoms with E-state index in [9.17, 15) is 8.42 Å². The van der Waals surface area contributed by atoms with E-state index in [0.717, 1.165) is 36.2 Å². The van der Waals surface area contributed by atoms with E-state index in [1.165, 1.54) is 6.42 Å². The molecule has 0 unspecified atom stereocenters. The Morgan fingerprint density at radius 3 is 2.86 bits per heavy atom. The van der Waals surface area contributed by atoms with Gasteiger partial charge in [0.25, 0.3) is 0 Å². The van der Waals surface area contributed by atoms with Gasteiger partial charge in [0.05, 0.1) is 17.6 Å². The SMILES string of the molecule is Cn1c(SC[C@@H]2CCCCO2)nnc1[C@@H]1CCS(=O)(=O)C1. The van der Waals surface area contributed by atoms with Gasteiger partial charge in [0, 0.05) is 25.3 Å².